The summed E-state index contributed by atoms with van der Waals surface area (Å²) in [5.41, 5.74) is 5.06. The molecule has 0 aromatic carbocycles. The smallest absolute Gasteiger partial charge is 0.323 e. The molecule has 0 aliphatic heterocycles. The fourth-order valence-corrected chi connectivity index (χ4v) is 3.44. The van der Waals surface area contributed by atoms with Crippen molar-refractivity contribution in [3.05, 3.63) is 0 Å². The van der Waals surface area contributed by atoms with E-state index in [1.54, 1.807) is 0 Å². The minimum absolute atomic E-state index is 0.593. The lowest BCUT2D eigenvalue weighted by atomic mass is 9.88. The molecule has 1 unspecified atom stereocenters. The number of carbonyl (C=O) groups is 2. The van der Waals surface area contributed by atoms with Gasteiger partial charge in [-0.1, -0.05) is 96.8 Å². The second kappa shape index (κ2) is 17.5. The fourth-order valence-electron chi connectivity index (χ4n) is 3.44. The summed E-state index contributed by atoms with van der Waals surface area (Å²) in [4.78, 5) is 21.6. The van der Waals surface area contributed by atoms with Gasteiger partial charge < -0.3 is 15.6 Å². The van der Waals surface area contributed by atoms with Crippen LogP contribution in [0.15, 0.2) is 0 Å². The van der Waals surface area contributed by atoms with Crippen LogP contribution in [0.25, 0.3) is 0 Å². The van der Waals surface area contributed by atoms with Gasteiger partial charge in [-0.3, -0.25) is 4.79 Å². The lowest BCUT2D eigenvalue weighted by molar-refractivity contribution is -0.144. The van der Waals surface area contributed by atoms with Crippen molar-refractivity contribution in [1.82, 2.24) is 0 Å². The molecule has 154 valence electrons. The highest BCUT2D eigenvalue weighted by Gasteiger charge is 2.32. The van der Waals surface area contributed by atoms with E-state index in [4.69, 9.17) is 5.73 Å². The van der Waals surface area contributed by atoms with Gasteiger partial charge in [0, 0.05) is 6.42 Å². The van der Waals surface area contributed by atoms with Crippen LogP contribution in [-0.2, 0) is 9.59 Å². The van der Waals surface area contributed by atoms with E-state index in [2.05, 4.69) is 6.92 Å². The molecule has 4 nitrogen and oxygen atoms in total. The largest absolute Gasteiger partial charge is 0.480 e. The maximum absolute atomic E-state index is 11.4. The number of aldehydes is 1. The van der Waals surface area contributed by atoms with E-state index < -0.39 is 11.5 Å². The first-order valence-electron chi connectivity index (χ1n) is 11.0. The summed E-state index contributed by atoms with van der Waals surface area (Å²) < 4.78 is 0. The highest BCUT2D eigenvalue weighted by atomic mass is 16.4. The molecule has 0 aromatic rings. The number of carboxylic acids is 1. The van der Waals surface area contributed by atoms with E-state index >= 15 is 0 Å². The van der Waals surface area contributed by atoms with Crippen LogP contribution in [-0.4, -0.2) is 22.9 Å². The second-order valence-corrected chi connectivity index (χ2v) is 7.87. The minimum atomic E-state index is -1.01. The van der Waals surface area contributed by atoms with Crippen molar-refractivity contribution in [1.29, 1.82) is 0 Å². The van der Waals surface area contributed by atoms with Crippen LogP contribution >= 0.6 is 0 Å². The van der Waals surface area contributed by atoms with Gasteiger partial charge in [0.05, 0.1) is 0 Å². The van der Waals surface area contributed by atoms with Gasteiger partial charge in [0.1, 0.15) is 11.8 Å². The molecule has 4 heteroatoms. The molecule has 0 rings (SSSR count). The molecule has 0 saturated carbocycles. The van der Waals surface area contributed by atoms with Gasteiger partial charge in [0.2, 0.25) is 0 Å². The molecule has 3 N–H and O–H groups in total. The standard InChI is InChI=1S/C22H43NO3/c1-2-3-18-22(23,21(25)26)19-16-14-12-10-8-6-4-5-7-9-11-13-15-17-20-24/h20H,2-19,23H2,1H3,(H,25,26). The molecule has 0 aliphatic carbocycles. The molecule has 26 heavy (non-hydrogen) atoms. The van der Waals surface area contributed by atoms with Gasteiger partial charge in [-0.15, -0.1) is 0 Å². The average molecular weight is 370 g/mol. The van der Waals surface area contributed by atoms with Crippen LogP contribution in [0.2, 0.25) is 0 Å². The van der Waals surface area contributed by atoms with E-state index in [1.807, 2.05) is 0 Å². The van der Waals surface area contributed by atoms with Crippen molar-refractivity contribution < 1.29 is 14.7 Å². The first kappa shape index (κ1) is 25.1. The maximum Gasteiger partial charge on any atom is 0.323 e. The summed E-state index contributed by atoms with van der Waals surface area (Å²) in [7, 11) is 0. The van der Waals surface area contributed by atoms with E-state index in [9.17, 15) is 14.7 Å². The van der Waals surface area contributed by atoms with Crippen molar-refractivity contribution in [2.45, 2.75) is 128 Å². The zero-order chi connectivity index (χ0) is 19.5. The van der Waals surface area contributed by atoms with Gasteiger partial charge in [0.25, 0.3) is 0 Å². The van der Waals surface area contributed by atoms with Crippen molar-refractivity contribution in [3.63, 3.8) is 0 Å². The number of rotatable bonds is 20. The zero-order valence-electron chi connectivity index (χ0n) is 17.1. The monoisotopic (exact) mass is 369 g/mol. The lowest BCUT2D eigenvalue weighted by Gasteiger charge is -2.24. The van der Waals surface area contributed by atoms with Gasteiger partial charge in [-0.05, 0) is 19.3 Å². The van der Waals surface area contributed by atoms with Crippen LogP contribution in [0, 0.1) is 0 Å². The lowest BCUT2D eigenvalue weighted by Crippen LogP contribution is -2.47. The number of nitrogens with two attached hydrogens (primary N) is 1. The summed E-state index contributed by atoms with van der Waals surface area (Å²) in [6, 6.07) is 0. The van der Waals surface area contributed by atoms with Crippen LogP contribution in [0.3, 0.4) is 0 Å². The number of hydrogen-bond acceptors (Lipinski definition) is 3. The predicted octanol–water partition coefficient (Wildman–Crippen LogP) is 6.01. The Labute approximate surface area is 161 Å². The third kappa shape index (κ3) is 14.3. The Hall–Kier alpha value is -0.900. The van der Waals surface area contributed by atoms with Crippen LogP contribution in [0.5, 0.6) is 0 Å². The van der Waals surface area contributed by atoms with Crippen molar-refractivity contribution in [2.75, 3.05) is 0 Å². The number of carbonyl (C=O) groups excluding carboxylic acids is 1. The molecule has 0 aromatic heterocycles. The Morgan fingerprint density at radius 2 is 1.15 bits per heavy atom. The van der Waals surface area contributed by atoms with Gasteiger partial charge in [-0.25, -0.2) is 0 Å². The van der Waals surface area contributed by atoms with Crippen LogP contribution in [0.1, 0.15) is 122 Å². The second-order valence-electron chi connectivity index (χ2n) is 7.87. The third-order valence-electron chi connectivity index (χ3n) is 5.35. The van der Waals surface area contributed by atoms with E-state index in [1.165, 1.54) is 64.2 Å². The SMILES string of the molecule is CCCCC(N)(CCCCCCCCCCCCCCCC=O)C(=O)O. The Morgan fingerprint density at radius 3 is 1.54 bits per heavy atom. The van der Waals surface area contributed by atoms with Gasteiger partial charge in [-0.2, -0.15) is 0 Å². The highest BCUT2D eigenvalue weighted by molar-refractivity contribution is 5.78. The molecule has 0 bridgehead atoms. The van der Waals surface area contributed by atoms with E-state index in [0.717, 1.165) is 44.8 Å². The molecule has 0 fully saturated rings. The van der Waals surface area contributed by atoms with Crippen LogP contribution < -0.4 is 5.73 Å². The fraction of sp³-hybridized carbons (Fsp3) is 0.909. The number of carboxylic acid groups (broad SMARTS) is 1. The summed E-state index contributed by atoms with van der Waals surface area (Å²) in [6.45, 7) is 2.07. The molecule has 0 spiro atoms. The normalized spacial score (nSPS) is 13.5. The summed E-state index contributed by atoms with van der Waals surface area (Å²) >= 11 is 0. The molecule has 0 heterocycles. The molecule has 0 radical (unpaired) electrons. The molecular formula is C22H43NO3. The highest BCUT2D eigenvalue weighted by Crippen LogP contribution is 2.21. The number of hydrogen-bond donors (Lipinski definition) is 2. The summed E-state index contributed by atoms with van der Waals surface area (Å²) in [6.07, 6.45) is 20.7. The number of unbranched alkanes of at least 4 members (excludes halogenated alkanes) is 14. The molecule has 0 saturated heterocycles. The molecular weight excluding hydrogens is 326 g/mol. The van der Waals surface area contributed by atoms with E-state index in [0.29, 0.717) is 12.8 Å². The number of aliphatic carboxylic acids is 1. The summed E-state index contributed by atoms with van der Waals surface area (Å²) in [5, 5.41) is 9.34. The molecule has 0 amide bonds. The summed E-state index contributed by atoms with van der Waals surface area (Å²) in [5.74, 6) is -0.838. The minimum Gasteiger partial charge on any atom is -0.480 e. The van der Waals surface area contributed by atoms with E-state index in [-0.39, 0.29) is 0 Å². The maximum atomic E-state index is 11.4. The van der Waals surface area contributed by atoms with Gasteiger partial charge >= 0.3 is 5.97 Å². The molecule has 0 aliphatic rings. The topological polar surface area (TPSA) is 80.4 Å². The quantitative estimate of drug-likeness (QED) is 0.203. The Balaban J connectivity index is 3.40. The Kier molecular flexibility index (Phi) is 16.9. The third-order valence-corrected chi connectivity index (χ3v) is 5.35. The van der Waals surface area contributed by atoms with Crippen molar-refractivity contribution >= 4 is 12.3 Å². The Morgan fingerprint density at radius 1 is 0.769 bits per heavy atom. The Bertz CT molecular complexity index is 346. The first-order valence-corrected chi connectivity index (χ1v) is 11.0. The molecule has 1 atom stereocenters. The first-order chi connectivity index (χ1) is 12.6. The predicted molar refractivity (Wildman–Crippen MR) is 109 cm³/mol. The van der Waals surface area contributed by atoms with Crippen LogP contribution in [0.4, 0.5) is 0 Å². The average Bonchev–Trinajstić information content (AvgIpc) is 2.63. The zero-order valence-corrected chi connectivity index (χ0v) is 17.1. The van der Waals surface area contributed by atoms with Crippen molar-refractivity contribution in [2.24, 2.45) is 5.73 Å². The van der Waals surface area contributed by atoms with Crippen molar-refractivity contribution in [3.8, 4) is 0 Å². The van der Waals surface area contributed by atoms with Gasteiger partial charge in [0.15, 0.2) is 0 Å².